The van der Waals surface area contributed by atoms with Gasteiger partial charge in [0.05, 0.1) is 10.5 Å². The molecule has 2 rings (SSSR count). The van der Waals surface area contributed by atoms with Gasteiger partial charge in [-0.15, -0.1) is 0 Å². The lowest BCUT2D eigenvalue weighted by Gasteiger charge is -2.06. The number of carbonyl (C=O) groups is 1. The zero-order valence-corrected chi connectivity index (χ0v) is 11.6. The van der Waals surface area contributed by atoms with E-state index in [1.165, 1.54) is 23.6 Å². The van der Waals surface area contributed by atoms with Gasteiger partial charge in [0.1, 0.15) is 0 Å². The summed E-state index contributed by atoms with van der Waals surface area (Å²) in [5, 5.41) is 11.9. The topological polar surface area (TPSA) is 60.2 Å². The van der Waals surface area contributed by atoms with E-state index in [2.05, 4.69) is 0 Å². The molecule has 0 bridgehead atoms. The Morgan fingerprint density at radius 1 is 1.27 bits per heavy atom. The van der Waals surface area contributed by atoms with Crippen molar-refractivity contribution >= 4 is 28.2 Å². The number of halogens is 3. The highest BCUT2D eigenvalue weighted by Gasteiger charge is 2.30. The summed E-state index contributed by atoms with van der Waals surface area (Å²) in [6, 6.07) is 5.35. The van der Waals surface area contributed by atoms with Crippen molar-refractivity contribution in [2.24, 2.45) is 0 Å². The molecule has 0 aliphatic heterocycles. The fourth-order valence-corrected chi connectivity index (χ4v) is 2.33. The van der Waals surface area contributed by atoms with Crippen molar-refractivity contribution in [3.63, 3.8) is 0 Å². The first kappa shape index (κ1) is 15.9. The molecule has 114 valence electrons. The van der Waals surface area contributed by atoms with Gasteiger partial charge in [0, 0.05) is 17.0 Å². The SMILES string of the molecule is O=C(/C=C/c1csc([N+](=O)[O-])c1)c1cccc(C(F)(F)F)c1. The highest BCUT2D eigenvalue weighted by Crippen LogP contribution is 2.29. The third kappa shape index (κ3) is 3.79. The van der Waals surface area contributed by atoms with Gasteiger partial charge in [-0.1, -0.05) is 23.5 Å². The number of nitrogens with zero attached hydrogens (tertiary/aromatic N) is 1. The van der Waals surface area contributed by atoms with Crippen LogP contribution in [0.25, 0.3) is 6.08 Å². The molecule has 1 aromatic heterocycles. The standard InChI is InChI=1S/C14H8F3NO3S/c15-14(16,17)11-3-1-2-10(7-11)12(19)5-4-9-6-13(18(20)21)22-8-9/h1-8H/b5-4+. The maximum Gasteiger partial charge on any atom is 0.416 e. The number of hydrogen-bond acceptors (Lipinski definition) is 4. The number of benzene rings is 1. The Kier molecular flexibility index (Phi) is 4.41. The predicted molar refractivity (Wildman–Crippen MR) is 75.8 cm³/mol. The van der Waals surface area contributed by atoms with Crippen molar-refractivity contribution in [3.8, 4) is 0 Å². The summed E-state index contributed by atoms with van der Waals surface area (Å²) >= 11 is 0.901. The molecule has 0 aliphatic carbocycles. The highest BCUT2D eigenvalue weighted by molar-refractivity contribution is 7.13. The Bertz CT molecular complexity index is 750. The summed E-state index contributed by atoms with van der Waals surface area (Å²) < 4.78 is 37.7. The summed E-state index contributed by atoms with van der Waals surface area (Å²) in [4.78, 5) is 21.8. The van der Waals surface area contributed by atoms with Crippen LogP contribution in [-0.4, -0.2) is 10.7 Å². The summed E-state index contributed by atoms with van der Waals surface area (Å²) in [7, 11) is 0. The van der Waals surface area contributed by atoms with E-state index in [4.69, 9.17) is 0 Å². The van der Waals surface area contributed by atoms with Gasteiger partial charge < -0.3 is 0 Å². The number of hydrogen-bond donors (Lipinski definition) is 0. The molecule has 22 heavy (non-hydrogen) atoms. The molecular weight excluding hydrogens is 319 g/mol. The maximum atomic E-state index is 12.6. The van der Waals surface area contributed by atoms with Gasteiger partial charge in [-0.25, -0.2) is 0 Å². The molecule has 1 aromatic carbocycles. The number of carbonyl (C=O) groups excluding carboxylic acids is 1. The number of alkyl halides is 3. The Morgan fingerprint density at radius 2 is 2.00 bits per heavy atom. The molecule has 4 nitrogen and oxygen atoms in total. The van der Waals surface area contributed by atoms with Gasteiger partial charge in [0.25, 0.3) is 0 Å². The number of allylic oxidation sites excluding steroid dienone is 1. The first-order chi connectivity index (χ1) is 10.3. The van der Waals surface area contributed by atoms with Crippen molar-refractivity contribution < 1.29 is 22.9 Å². The highest BCUT2D eigenvalue weighted by atomic mass is 32.1. The Morgan fingerprint density at radius 3 is 2.59 bits per heavy atom. The van der Waals surface area contributed by atoms with Gasteiger partial charge in [-0.3, -0.25) is 14.9 Å². The molecule has 0 spiro atoms. The average Bonchev–Trinajstić information content (AvgIpc) is 2.93. The first-order valence-corrected chi connectivity index (χ1v) is 6.78. The van der Waals surface area contributed by atoms with Gasteiger partial charge in [-0.05, 0) is 29.8 Å². The molecule has 2 aromatic rings. The van der Waals surface area contributed by atoms with Gasteiger partial charge in [0.2, 0.25) is 0 Å². The van der Waals surface area contributed by atoms with Gasteiger partial charge >= 0.3 is 11.2 Å². The average molecular weight is 327 g/mol. The molecule has 1 heterocycles. The number of nitro groups is 1. The Hall–Kier alpha value is -2.48. The lowest BCUT2D eigenvalue weighted by atomic mass is 10.1. The minimum Gasteiger partial charge on any atom is -0.289 e. The minimum atomic E-state index is -4.52. The van der Waals surface area contributed by atoms with Crippen LogP contribution < -0.4 is 0 Å². The van der Waals surface area contributed by atoms with E-state index in [0.29, 0.717) is 5.56 Å². The molecule has 0 fully saturated rings. The molecule has 0 saturated heterocycles. The van der Waals surface area contributed by atoms with E-state index in [-0.39, 0.29) is 10.6 Å². The number of ketones is 1. The molecule has 8 heteroatoms. The lowest BCUT2D eigenvalue weighted by molar-refractivity contribution is -0.380. The van der Waals surface area contributed by atoms with Crippen LogP contribution in [-0.2, 0) is 6.18 Å². The molecule has 0 saturated carbocycles. The summed E-state index contributed by atoms with van der Waals surface area (Å²) in [5.41, 5.74) is -0.564. The smallest absolute Gasteiger partial charge is 0.289 e. The Labute approximate surface area is 126 Å². The van der Waals surface area contributed by atoms with E-state index in [9.17, 15) is 28.1 Å². The lowest BCUT2D eigenvalue weighted by Crippen LogP contribution is -2.06. The fourth-order valence-electron chi connectivity index (χ4n) is 1.64. The second-order valence-corrected chi connectivity index (χ2v) is 5.14. The van der Waals surface area contributed by atoms with E-state index >= 15 is 0 Å². The van der Waals surface area contributed by atoms with Crippen LogP contribution in [0.3, 0.4) is 0 Å². The molecule has 0 atom stereocenters. The van der Waals surface area contributed by atoms with E-state index in [1.807, 2.05) is 0 Å². The second kappa shape index (κ2) is 6.10. The normalized spacial score (nSPS) is 11.8. The van der Waals surface area contributed by atoms with Crippen molar-refractivity contribution in [3.05, 3.63) is 68.6 Å². The van der Waals surface area contributed by atoms with Crippen LogP contribution in [0.2, 0.25) is 0 Å². The quantitative estimate of drug-likeness (QED) is 0.358. The van der Waals surface area contributed by atoms with Crippen LogP contribution in [0, 0.1) is 10.1 Å². The van der Waals surface area contributed by atoms with Gasteiger partial charge in [0.15, 0.2) is 5.78 Å². The van der Waals surface area contributed by atoms with Crippen molar-refractivity contribution in [2.75, 3.05) is 0 Å². The third-order valence-electron chi connectivity index (χ3n) is 2.69. The first-order valence-electron chi connectivity index (χ1n) is 5.90. The van der Waals surface area contributed by atoms with E-state index in [0.717, 1.165) is 35.6 Å². The van der Waals surface area contributed by atoms with E-state index < -0.39 is 22.4 Å². The zero-order valence-electron chi connectivity index (χ0n) is 10.8. The molecule has 0 aliphatic rings. The second-order valence-electron chi connectivity index (χ2n) is 4.25. The predicted octanol–water partition coefficient (Wildman–Crippen LogP) is 4.57. The monoisotopic (exact) mass is 327 g/mol. The number of rotatable bonds is 4. The van der Waals surface area contributed by atoms with Crippen molar-refractivity contribution in [2.45, 2.75) is 6.18 Å². The maximum absolute atomic E-state index is 12.6. The fraction of sp³-hybridized carbons (Fsp3) is 0.0714. The van der Waals surface area contributed by atoms with Crippen LogP contribution >= 0.6 is 11.3 Å². The third-order valence-corrected chi connectivity index (χ3v) is 3.59. The van der Waals surface area contributed by atoms with Crippen LogP contribution in [0.15, 0.2) is 41.8 Å². The summed E-state index contributed by atoms with van der Waals surface area (Å²) in [6.45, 7) is 0. The van der Waals surface area contributed by atoms with Gasteiger partial charge in [-0.2, -0.15) is 13.2 Å². The zero-order chi connectivity index (χ0) is 16.3. The number of thiophene rings is 1. The minimum absolute atomic E-state index is 0.0776. The molecular formula is C14H8F3NO3S. The van der Waals surface area contributed by atoms with Crippen molar-refractivity contribution in [1.29, 1.82) is 0 Å². The summed E-state index contributed by atoms with van der Waals surface area (Å²) in [5.74, 6) is -0.611. The molecule has 0 unspecified atom stereocenters. The largest absolute Gasteiger partial charge is 0.416 e. The van der Waals surface area contributed by atoms with Crippen LogP contribution in [0.1, 0.15) is 21.5 Å². The Balaban J connectivity index is 2.18. The molecule has 0 amide bonds. The summed E-state index contributed by atoms with van der Waals surface area (Å²) in [6.07, 6.45) is -2.11. The molecule has 0 N–H and O–H groups in total. The molecule has 0 radical (unpaired) electrons. The van der Waals surface area contributed by atoms with Crippen LogP contribution in [0.5, 0.6) is 0 Å². The van der Waals surface area contributed by atoms with Crippen LogP contribution in [0.4, 0.5) is 18.2 Å². The van der Waals surface area contributed by atoms with Crippen molar-refractivity contribution in [1.82, 2.24) is 0 Å². The van der Waals surface area contributed by atoms with E-state index in [1.54, 1.807) is 0 Å².